The smallest absolute Gasteiger partial charge is 0.0966 e. The summed E-state index contributed by atoms with van der Waals surface area (Å²) in [6, 6.07) is 8.41. The van der Waals surface area contributed by atoms with Gasteiger partial charge in [-0.2, -0.15) is 0 Å². The van der Waals surface area contributed by atoms with Gasteiger partial charge in [0.1, 0.15) is 0 Å². The van der Waals surface area contributed by atoms with Gasteiger partial charge in [0.05, 0.1) is 5.60 Å². The molecule has 16 heavy (non-hydrogen) atoms. The first-order valence-electron chi connectivity index (χ1n) is 5.64. The van der Waals surface area contributed by atoms with Crippen molar-refractivity contribution in [2.24, 2.45) is 0 Å². The highest BCUT2D eigenvalue weighted by Crippen LogP contribution is 2.26. The maximum absolute atomic E-state index is 5.62. The maximum Gasteiger partial charge on any atom is 0.0966 e. The summed E-state index contributed by atoms with van der Waals surface area (Å²) in [6.45, 7) is 1.89. The summed E-state index contributed by atoms with van der Waals surface area (Å²) in [7, 11) is 1.80. The van der Waals surface area contributed by atoms with Gasteiger partial charge in [-0.1, -0.05) is 18.2 Å². The van der Waals surface area contributed by atoms with Crippen LogP contribution in [0.4, 0.5) is 0 Å². The average Bonchev–Trinajstić information content (AvgIpc) is 2.67. The Labute approximate surface area is 94.8 Å². The standard InChI is InChI=1S/C13H16N2O/c1-16-13(8-14-9-13)6-10-7-15-12-5-3-2-4-11(10)12/h2-5,7,14-15H,6,8-9H2,1H3. The fourth-order valence-corrected chi connectivity index (χ4v) is 2.37. The summed E-state index contributed by atoms with van der Waals surface area (Å²) in [6.07, 6.45) is 3.07. The van der Waals surface area contributed by atoms with Crippen LogP contribution < -0.4 is 5.32 Å². The van der Waals surface area contributed by atoms with Crippen LogP contribution in [0.2, 0.25) is 0 Å². The molecule has 3 heteroatoms. The van der Waals surface area contributed by atoms with Crippen molar-refractivity contribution in [1.29, 1.82) is 0 Å². The van der Waals surface area contributed by atoms with Crippen molar-refractivity contribution in [1.82, 2.24) is 10.3 Å². The zero-order valence-corrected chi connectivity index (χ0v) is 9.42. The van der Waals surface area contributed by atoms with Crippen LogP contribution in [-0.4, -0.2) is 30.8 Å². The second-order valence-electron chi connectivity index (χ2n) is 4.53. The molecule has 0 unspecified atom stereocenters. The van der Waals surface area contributed by atoms with Crippen LogP contribution in [0.15, 0.2) is 30.5 Å². The summed E-state index contributed by atoms with van der Waals surface area (Å²) in [5.41, 5.74) is 2.56. The van der Waals surface area contributed by atoms with Crippen LogP contribution in [0.25, 0.3) is 10.9 Å². The van der Waals surface area contributed by atoms with Crippen LogP contribution >= 0.6 is 0 Å². The molecule has 84 valence electrons. The number of benzene rings is 1. The van der Waals surface area contributed by atoms with Crippen LogP contribution in [-0.2, 0) is 11.2 Å². The minimum Gasteiger partial charge on any atom is -0.375 e. The van der Waals surface area contributed by atoms with Gasteiger partial charge in [0.25, 0.3) is 0 Å². The van der Waals surface area contributed by atoms with Crippen LogP contribution in [0.3, 0.4) is 0 Å². The van der Waals surface area contributed by atoms with E-state index < -0.39 is 0 Å². The Hall–Kier alpha value is -1.32. The predicted molar refractivity (Wildman–Crippen MR) is 64.6 cm³/mol. The van der Waals surface area contributed by atoms with E-state index >= 15 is 0 Å². The maximum atomic E-state index is 5.62. The number of ether oxygens (including phenoxy) is 1. The number of methoxy groups -OCH3 is 1. The van der Waals surface area contributed by atoms with Crippen molar-refractivity contribution in [3.05, 3.63) is 36.0 Å². The first kappa shape index (κ1) is 9.87. The second kappa shape index (κ2) is 3.61. The van der Waals surface area contributed by atoms with Gasteiger partial charge in [0.15, 0.2) is 0 Å². The van der Waals surface area contributed by atoms with E-state index in [4.69, 9.17) is 4.74 Å². The number of H-pyrrole nitrogens is 1. The van der Waals surface area contributed by atoms with E-state index in [-0.39, 0.29) is 5.60 Å². The number of fused-ring (bicyclic) bond motifs is 1. The van der Waals surface area contributed by atoms with E-state index in [1.165, 1.54) is 16.5 Å². The van der Waals surface area contributed by atoms with Crippen molar-refractivity contribution in [2.45, 2.75) is 12.0 Å². The molecule has 3 nitrogen and oxygen atoms in total. The summed E-state index contributed by atoms with van der Waals surface area (Å²) < 4.78 is 5.62. The molecule has 1 aromatic heterocycles. The Bertz CT molecular complexity index is 494. The van der Waals surface area contributed by atoms with Crippen LogP contribution in [0, 0.1) is 0 Å². The molecule has 1 aliphatic heterocycles. The number of rotatable bonds is 3. The first-order valence-corrected chi connectivity index (χ1v) is 5.64. The van der Waals surface area contributed by atoms with E-state index in [2.05, 4.69) is 40.8 Å². The molecule has 0 spiro atoms. The highest BCUT2D eigenvalue weighted by Gasteiger charge is 2.37. The second-order valence-corrected chi connectivity index (χ2v) is 4.53. The van der Waals surface area contributed by atoms with Gasteiger partial charge in [-0.05, 0) is 11.6 Å². The fraction of sp³-hybridized carbons (Fsp3) is 0.385. The van der Waals surface area contributed by atoms with Gasteiger partial charge in [-0.25, -0.2) is 0 Å². The molecule has 0 radical (unpaired) electrons. The molecule has 2 aromatic rings. The number of para-hydroxylation sites is 1. The molecule has 1 aromatic carbocycles. The summed E-state index contributed by atoms with van der Waals surface area (Å²) in [5, 5.41) is 4.59. The van der Waals surface area contributed by atoms with Gasteiger partial charge in [-0.3, -0.25) is 0 Å². The fourth-order valence-electron chi connectivity index (χ4n) is 2.37. The average molecular weight is 216 g/mol. The van der Waals surface area contributed by atoms with Crippen molar-refractivity contribution < 1.29 is 4.74 Å². The van der Waals surface area contributed by atoms with E-state index in [0.29, 0.717) is 0 Å². The Morgan fingerprint density at radius 1 is 1.31 bits per heavy atom. The third kappa shape index (κ3) is 1.44. The molecular weight excluding hydrogens is 200 g/mol. The lowest BCUT2D eigenvalue weighted by atomic mass is 9.89. The van der Waals surface area contributed by atoms with Gasteiger partial charge >= 0.3 is 0 Å². The van der Waals surface area contributed by atoms with E-state index in [1.807, 2.05) is 0 Å². The predicted octanol–water partition coefficient (Wildman–Crippen LogP) is 1.70. The Kier molecular flexibility index (Phi) is 2.23. The molecule has 0 atom stereocenters. The number of hydrogen-bond acceptors (Lipinski definition) is 2. The van der Waals surface area contributed by atoms with Crippen LogP contribution in [0.1, 0.15) is 5.56 Å². The van der Waals surface area contributed by atoms with Crippen molar-refractivity contribution in [3.63, 3.8) is 0 Å². The lowest BCUT2D eigenvalue weighted by molar-refractivity contribution is -0.0500. The molecule has 3 rings (SSSR count). The SMILES string of the molecule is COC1(Cc2c[nH]c3ccccc23)CNC1. The molecule has 1 saturated heterocycles. The molecule has 0 amide bonds. The third-order valence-electron chi connectivity index (χ3n) is 3.51. The van der Waals surface area contributed by atoms with E-state index in [0.717, 1.165) is 19.5 Å². The number of nitrogens with one attached hydrogen (secondary N) is 2. The Morgan fingerprint density at radius 2 is 2.12 bits per heavy atom. The molecule has 0 saturated carbocycles. The van der Waals surface area contributed by atoms with Gasteiger partial charge in [-0.15, -0.1) is 0 Å². The number of aromatic amines is 1. The molecular formula is C13H16N2O. The molecule has 0 aliphatic carbocycles. The van der Waals surface area contributed by atoms with Crippen molar-refractivity contribution in [2.75, 3.05) is 20.2 Å². The van der Waals surface area contributed by atoms with Crippen molar-refractivity contribution >= 4 is 10.9 Å². The molecule has 2 heterocycles. The zero-order chi connectivity index (χ0) is 11.0. The first-order chi connectivity index (χ1) is 7.83. The van der Waals surface area contributed by atoms with Crippen molar-refractivity contribution in [3.8, 4) is 0 Å². The molecule has 2 N–H and O–H groups in total. The topological polar surface area (TPSA) is 37.0 Å². The quantitative estimate of drug-likeness (QED) is 0.819. The largest absolute Gasteiger partial charge is 0.375 e. The van der Waals surface area contributed by atoms with Gasteiger partial charge < -0.3 is 15.0 Å². The monoisotopic (exact) mass is 216 g/mol. The summed E-state index contributed by atoms with van der Waals surface area (Å²) in [5.74, 6) is 0. The lowest BCUT2D eigenvalue weighted by Gasteiger charge is -2.41. The molecule has 1 aliphatic rings. The number of aromatic nitrogens is 1. The minimum atomic E-state index is 0.00493. The molecule has 1 fully saturated rings. The zero-order valence-electron chi connectivity index (χ0n) is 9.42. The Morgan fingerprint density at radius 3 is 2.81 bits per heavy atom. The number of hydrogen-bond donors (Lipinski definition) is 2. The summed E-state index contributed by atoms with van der Waals surface area (Å²) >= 11 is 0. The highest BCUT2D eigenvalue weighted by molar-refractivity contribution is 5.83. The van der Waals surface area contributed by atoms with Crippen LogP contribution in [0.5, 0.6) is 0 Å². The summed E-state index contributed by atoms with van der Waals surface area (Å²) in [4.78, 5) is 3.31. The Balaban J connectivity index is 1.94. The minimum absolute atomic E-state index is 0.00493. The van der Waals surface area contributed by atoms with E-state index in [9.17, 15) is 0 Å². The highest BCUT2D eigenvalue weighted by atomic mass is 16.5. The normalized spacial score (nSPS) is 18.6. The van der Waals surface area contributed by atoms with E-state index in [1.54, 1.807) is 7.11 Å². The van der Waals surface area contributed by atoms with Gasteiger partial charge in [0.2, 0.25) is 0 Å². The lowest BCUT2D eigenvalue weighted by Crippen LogP contribution is -2.61. The van der Waals surface area contributed by atoms with Gasteiger partial charge in [0, 0.05) is 43.7 Å². The molecule has 0 bridgehead atoms. The third-order valence-corrected chi connectivity index (χ3v) is 3.51.